The van der Waals surface area contributed by atoms with E-state index in [-0.39, 0.29) is 18.9 Å². The lowest BCUT2D eigenvalue weighted by atomic mass is 10.2. The summed E-state index contributed by atoms with van der Waals surface area (Å²) < 4.78 is 37.1. The van der Waals surface area contributed by atoms with E-state index in [1.807, 2.05) is 0 Å². The number of alkyl halides is 4. The Morgan fingerprint density at radius 3 is 2.42 bits per heavy atom. The normalized spacial score (nSPS) is 13.1. The number of hydrogen-bond acceptors (Lipinski definition) is 1. The molecule has 1 aromatic rings. The van der Waals surface area contributed by atoms with Crippen LogP contribution < -0.4 is 5.32 Å². The molecule has 0 saturated heterocycles. The Balaban J connectivity index is 2.33. The lowest BCUT2D eigenvalue weighted by Gasteiger charge is -2.12. The Morgan fingerprint density at radius 1 is 1.32 bits per heavy atom. The molecule has 0 bridgehead atoms. The van der Waals surface area contributed by atoms with Crippen LogP contribution in [0, 0.1) is 3.57 Å². The number of hydrogen-bond donors (Lipinski definition) is 1. The highest BCUT2D eigenvalue weighted by atomic mass is 127. The summed E-state index contributed by atoms with van der Waals surface area (Å²) in [5.74, 6) is -0.313. The van der Waals surface area contributed by atoms with E-state index in [2.05, 4.69) is 27.9 Å². The molecular formula is C12H12ClF3INO. The van der Waals surface area contributed by atoms with Gasteiger partial charge in [-0.3, -0.25) is 4.79 Å². The zero-order valence-electron chi connectivity index (χ0n) is 9.81. The molecule has 1 aromatic carbocycles. The molecule has 1 unspecified atom stereocenters. The van der Waals surface area contributed by atoms with Gasteiger partial charge in [0, 0.05) is 21.1 Å². The predicted molar refractivity (Wildman–Crippen MR) is 76.4 cm³/mol. The van der Waals surface area contributed by atoms with E-state index in [1.165, 1.54) is 0 Å². The largest absolute Gasteiger partial charge is 0.390 e. The molecule has 0 aliphatic heterocycles. The summed E-state index contributed by atoms with van der Waals surface area (Å²) >= 11 is 7.66. The van der Waals surface area contributed by atoms with E-state index in [0.29, 0.717) is 5.56 Å². The number of benzene rings is 1. The first-order chi connectivity index (χ1) is 8.78. The van der Waals surface area contributed by atoms with Gasteiger partial charge in [0.15, 0.2) is 0 Å². The van der Waals surface area contributed by atoms with Gasteiger partial charge < -0.3 is 5.32 Å². The topological polar surface area (TPSA) is 29.1 Å². The van der Waals surface area contributed by atoms with Crippen LogP contribution in [-0.2, 0) is 0 Å². The van der Waals surface area contributed by atoms with Crippen molar-refractivity contribution in [3.8, 4) is 0 Å². The summed E-state index contributed by atoms with van der Waals surface area (Å²) in [6, 6.07) is 6.88. The molecular weight excluding hydrogens is 393 g/mol. The van der Waals surface area contributed by atoms with Crippen molar-refractivity contribution in [2.24, 2.45) is 0 Å². The molecule has 2 nitrogen and oxygen atoms in total. The third-order valence-corrected chi connectivity index (χ3v) is 3.39. The molecule has 106 valence electrons. The van der Waals surface area contributed by atoms with Gasteiger partial charge in [-0.25, -0.2) is 0 Å². The maximum Gasteiger partial charge on any atom is 0.390 e. The van der Waals surface area contributed by atoms with Crippen molar-refractivity contribution in [2.45, 2.75) is 24.4 Å². The minimum Gasteiger partial charge on any atom is -0.352 e. The molecule has 1 N–H and O–H groups in total. The molecule has 7 heteroatoms. The molecule has 0 heterocycles. The highest BCUT2D eigenvalue weighted by molar-refractivity contribution is 14.1. The average molecular weight is 406 g/mol. The van der Waals surface area contributed by atoms with E-state index in [9.17, 15) is 18.0 Å². The van der Waals surface area contributed by atoms with E-state index in [0.717, 1.165) is 3.57 Å². The monoisotopic (exact) mass is 405 g/mol. The van der Waals surface area contributed by atoms with Gasteiger partial charge >= 0.3 is 6.18 Å². The first-order valence-corrected chi connectivity index (χ1v) is 7.04. The molecule has 1 atom stereocenters. The fourth-order valence-electron chi connectivity index (χ4n) is 1.40. The highest BCUT2D eigenvalue weighted by Gasteiger charge is 2.30. The second-order valence-electron chi connectivity index (χ2n) is 3.97. The van der Waals surface area contributed by atoms with E-state index in [1.54, 1.807) is 24.3 Å². The van der Waals surface area contributed by atoms with Gasteiger partial charge in [-0.05, 0) is 53.3 Å². The number of carbonyl (C=O) groups is 1. The fourth-order valence-corrected chi connectivity index (χ4v) is 2.04. The fraction of sp³-hybridized carbons (Fsp3) is 0.417. The molecule has 19 heavy (non-hydrogen) atoms. The molecule has 0 aromatic heterocycles. The Bertz CT molecular complexity index is 422. The van der Waals surface area contributed by atoms with Crippen LogP contribution in [0.5, 0.6) is 0 Å². The van der Waals surface area contributed by atoms with Crippen LogP contribution >= 0.6 is 34.2 Å². The molecule has 1 rings (SSSR count). The smallest absolute Gasteiger partial charge is 0.352 e. The summed E-state index contributed by atoms with van der Waals surface area (Å²) in [7, 11) is 0. The van der Waals surface area contributed by atoms with Crippen LogP contribution in [0.25, 0.3) is 0 Å². The van der Waals surface area contributed by atoms with Crippen molar-refractivity contribution in [3.63, 3.8) is 0 Å². The minimum atomic E-state index is -4.27. The summed E-state index contributed by atoms with van der Waals surface area (Å²) in [6.07, 6.45) is -5.24. The average Bonchev–Trinajstić information content (AvgIpc) is 2.27. The lowest BCUT2D eigenvalue weighted by molar-refractivity contribution is -0.134. The zero-order valence-corrected chi connectivity index (χ0v) is 12.7. The molecule has 0 saturated carbocycles. The third kappa shape index (κ3) is 7.00. The number of amides is 1. The van der Waals surface area contributed by atoms with Crippen LogP contribution in [0.1, 0.15) is 23.2 Å². The van der Waals surface area contributed by atoms with Gasteiger partial charge in [0.25, 0.3) is 5.91 Å². The van der Waals surface area contributed by atoms with Crippen LogP contribution in [-0.4, -0.2) is 24.0 Å². The molecule has 1 amide bonds. The van der Waals surface area contributed by atoms with Gasteiger partial charge in [0.05, 0.1) is 6.42 Å². The Labute approximate surface area is 127 Å². The molecule has 0 fully saturated rings. The van der Waals surface area contributed by atoms with Gasteiger partial charge in [-0.1, -0.05) is 0 Å². The summed E-state index contributed by atoms with van der Waals surface area (Å²) in [6.45, 7) is 0.120. The van der Waals surface area contributed by atoms with Crippen LogP contribution in [0.15, 0.2) is 24.3 Å². The van der Waals surface area contributed by atoms with Crippen molar-refractivity contribution < 1.29 is 18.0 Å². The van der Waals surface area contributed by atoms with Gasteiger partial charge in [0.1, 0.15) is 0 Å². The number of nitrogens with one attached hydrogen (secondary N) is 1. The molecule has 0 aliphatic rings. The highest BCUT2D eigenvalue weighted by Crippen LogP contribution is 2.25. The standard InChI is InChI=1S/C12H12ClF3INO/c13-9(7-12(14,15)16)5-6-18-11(19)8-1-3-10(17)4-2-8/h1-4,9H,5-7H2,(H,18,19). The first-order valence-electron chi connectivity index (χ1n) is 5.52. The minimum absolute atomic E-state index is 0.0805. The Morgan fingerprint density at radius 2 is 1.89 bits per heavy atom. The molecule has 0 aliphatic carbocycles. The number of rotatable bonds is 5. The van der Waals surface area contributed by atoms with Gasteiger partial charge in [-0.2, -0.15) is 13.2 Å². The molecule has 0 radical (unpaired) electrons. The SMILES string of the molecule is O=C(NCCC(Cl)CC(F)(F)F)c1ccc(I)cc1. The quantitative estimate of drug-likeness (QED) is 0.583. The second-order valence-corrected chi connectivity index (χ2v) is 5.83. The van der Waals surface area contributed by atoms with Crippen LogP contribution in [0.4, 0.5) is 13.2 Å². The predicted octanol–water partition coefficient (Wildman–Crippen LogP) is 3.97. The Kier molecular flexibility index (Phi) is 6.38. The summed E-state index contributed by atoms with van der Waals surface area (Å²) in [5.41, 5.74) is 0.474. The number of carbonyl (C=O) groups excluding carboxylic acids is 1. The summed E-state index contributed by atoms with van der Waals surface area (Å²) in [5, 5.41) is 1.53. The van der Waals surface area contributed by atoms with Crippen molar-refractivity contribution in [1.29, 1.82) is 0 Å². The maximum atomic E-state index is 12.0. The maximum absolute atomic E-state index is 12.0. The Hall–Kier alpha value is -0.500. The summed E-state index contributed by atoms with van der Waals surface area (Å²) in [4.78, 5) is 11.6. The van der Waals surface area contributed by atoms with Crippen molar-refractivity contribution in [1.82, 2.24) is 5.32 Å². The zero-order chi connectivity index (χ0) is 14.5. The number of halogens is 5. The van der Waals surface area contributed by atoms with Crippen molar-refractivity contribution in [2.75, 3.05) is 6.54 Å². The van der Waals surface area contributed by atoms with Crippen molar-refractivity contribution in [3.05, 3.63) is 33.4 Å². The van der Waals surface area contributed by atoms with Gasteiger partial charge in [-0.15, -0.1) is 11.6 Å². The van der Waals surface area contributed by atoms with Gasteiger partial charge in [0.2, 0.25) is 0 Å². The lowest BCUT2D eigenvalue weighted by Crippen LogP contribution is -2.27. The van der Waals surface area contributed by atoms with Crippen LogP contribution in [0.2, 0.25) is 0 Å². The van der Waals surface area contributed by atoms with E-state index >= 15 is 0 Å². The van der Waals surface area contributed by atoms with E-state index < -0.39 is 18.0 Å². The second kappa shape index (κ2) is 7.33. The van der Waals surface area contributed by atoms with E-state index in [4.69, 9.17) is 11.6 Å². The first kappa shape index (κ1) is 16.6. The third-order valence-electron chi connectivity index (χ3n) is 2.30. The molecule has 0 spiro atoms. The van der Waals surface area contributed by atoms with Crippen LogP contribution in [0.3, 0.4) is 0 Å². The van der Waals surface area contributed by atoms with Crippen molar-refractivity contribution >= 4 is 40.1 Å².